The van der Waals surface area contributed by atoms with Crippen molar-refractivity contribution in [3.8, 4) is 0 Å². The highest BCUT2D eigenvalue weighted by Gasteiger charge is 2.28. The molecule has 0 saturated carbocycles. The zero-order valence-electron chi connectivity index (χ0n) is 6.66. The molecule has 0 aliphatic heterocycles. The van der Waals surface area contributed by atoms with Crippen LogP contribution in [0.25, 0.3) is 0 Å². The molecule has 0 aliphatic carbocycles. The third-order valence-corrected chi connectivity index (χ3v) is 1.61. The molecule has 0 atom stereocenters. The van der Waals surface area contributed by atoms with E-state index in [1.165, 1.54) is 6.92 Å². The van der Waals surface area contributed by atoms with Crippen LogP contribution in [-0.2, 0) is 0 Å². The second-order valence-electron chi connectivity index (χ2n) is 2.63. The number of alkyl halides is 3. The first-order valence-electron chi connectivity index (χ1n) is 3.43. The van der Waals surface area contributed by atoms with E-state index < -0.39 is 23.6 Å². The normalized spacial score (nSPS) is 12.0. The number of hydrogen-bond acceptors (Lipinski definition) is 3. The maximum Gasteiger partial charge on any atom is 0.405 e. The molecule has 0 amide bonds. The van der Waals surface area contributed by atoms with Crippen LogP contribution in [0.1, 0.15) is 5.56 Å². The summed E-state index contributed by atoms with van der Waals surface area (Å²) in [5.74, 6) is 0. The van der Waals surface area contributed by atoms with Crippen LogP contribution in [-0.4, -0.2) is 12.7 Å². The first kappa shape index (κ1) is 9.76. The summed E-state index contributed by atoms with van der Waals surface area (Å²) in [4.78, 5) is 21.2. The third kappa shape index (κ3) is 1.88. The van der Waals surface area contributed by atoms with Crippen LogP contribution in [0, 0.1) is 6.92 Å². The van der Waals surface area contributed by atoms with Gasteiger partial charge < -0.3 is 5.32 Å². The summed E-state index contributed by atoms with van der Waals surface area (Å²) in [5, 5.41) is 1.87. The molecule has 1 rings (SSSR count). The molecule has 0 heterocycles. The van der Waals surface area contributed by atoms with Crippen molar-refractivity contribution in [3.05, 3.63) is 26.0 Å². The molecule has 0 spiro atoms. The summed E-state index contributed by atoms with van der Waals surface area (Å²) in [6, 6.07) is 0. The SMILES string of the molecule is Cc1c(NCC(F)(F)F)c(=O)c1=O. The molecule has 3 nitrogen and oxygen atoms in total. The number of hydrogen-bond donors (Lipinski definition) is 1. The molecule has 0 radical (unpaired) electrons. The number of nitrogens with one attached hydrogen (secondary N) is 1. The Morgan fingerprint density at radius 3 is 2.15 bits per heavy atom. The van der Waals surface area contributed by atoms with Crippen LogP contribution in [0.3, 0.4) is 0 Å². The van der Waals surface area contributed by atoms with Crippen molar-refractivity contribution >= 4 is 5.69 Å². The van der Waals surface area contributed by atoms with Crippen molar-refractivity contribution in [1.82, 2.24) is 0 Å². The van der Waals surface area contributed by atoms with E-state index >= 15 is 0 Å². The van der Waals surface area contributed by atoms with Crippen molar-refractivity contribution in [2.24, 2.45) is 0 Å². The second kappa shape index (κ2) is 2.86. The lowest BCUT2D eigenvalue weighted by atomic mass is 10.1. The lowest BCUT2D eigenvalue weighted by Gasteiger charge is -2.11. The molecular formula is C7H6F3NO2. The molecule has 0 fully saturated rings. The van der Waals surface area contributed by atoms with E-state index in [-0.39, 0.29) is 11.3 Å². The van der Waals surface area contributed by atoms with Gasteiger partial charge in [0.2, 0.25) is 10.9 Å². The maximum absolute atomic E-state index is 11.6. The summed E-state index contributed by atoms with van der Waals surface area (Å²) in [7, 11) is 0. The molecule has 6 heteroatoms. The number of rotatable bonds is 2. The first-order valence-corrected chi connectivity index (χ1v) is 3.43. The predicted molar refractivity (Wildman–Crippen MR) is 40.6 cm³/mol. The molecule has 0 aliphatic rings. The fourth-order valence-electron chi connectivity index (χ4n) is 0.907. The average molecular weight is 193 g/mol. The van der Waals surface area contributed by atoms with E-state index in [9.17, 15) is 22.8 Å². The van der Waals surface area contributed by atoms with E-state index in [0.717, 1.165) is 0 Å². The zero-order valence-corrected chi connectivity index (χ0v) is 6.66. The Bertz CT molecular complexity index is 387. The van der Waals surface area contributed by atoms with Crippen molar-refractivity contribution < 1.29 is 13.2 Å². The summed E-state index contributed by atoms with van der Waals surface area (Å²) < 4.78 is 34.9. The van der Waals surface area contributed by atoms with Gasteiger partial charge in [0.15, 0.2) is 0 Å². The van der Waals surface area contributed by atoms with Gasteiger partial charge in [0, 0.05) is 5.56 Å². The van der Waals surface area contributed by atoms with Gasteiger partial charge in [-0.1, -0.05) is 0 Å². The van der Waals surface area contributed by atoms with Gasteiger partial charge >= 0.3 is 6.18 Å². The minimum absolute atomic E-state index is 0.0641. The molecule has 0 aromatic heterocycles. The summed E-state index contributed by atoms with van der Waals surface area (Å²) in [5.41, 5.74) is -1.75. The van der Waals surface area contributed by atoms with Crippen molar-refractivity contribution in [1.29, 1.82) is 0 Å². The Kier molecular flexibility index (Phi) is 2.15. The molecule has 1 aromatic carbocycles. The second-order valence-corrected chi connectivity index (χ2v) is 2.63. The van der Waals surface area contributed by atoms with E-state index in [2.05, 4.69) is 0 Å². The van der Waals surface area contributed by atoms with Crippen LogP contribution in [0.2, 0.25) is 0 Å². The van der Waals surface area contributed by atoms with Crippen LogP contribution >= 0.6 is 0 Å². The predicted octanol–water partition coefficient (Wildman–Crippen LogP) is 0.565. The topological polar surface area (TPSA) is 46.2 Å². The Morgan fingerprint density at radius 2 is 1.77 bits per heavy atom. The molecule has 72 valence electrons. The van der Waals surface area contributed by atoms with Gasteiger partial charge in [-0.05, 0) is 6.92 Å². The summed E-state index contributed by atoms with van der Waals surface area (Å²) >= 11 is 0. The fraction of sp³-hybridized carbons (Fsp3) is 0.429. The van der Waals surface area contributed by atoms with Gasteiger partial charge in [-0.25, -0.2) is 0 Å². The van der Waals surface area contributed by atoms with E-state index in [1.54, 1.807) is 0 Å². The molecule has 1 N–H and O–H groups in total. The third-order valence-electron chi connectivity index (χ3n) is 1.61. The number of anilines is 1. The highest BCUT2D eigenvalue weighted by molar-refractivity contribution is 5.55. The van der Waals surface area contributed by atoms with Crippen molar-refractivity contribution in [3.63, 3.8) is 0 Å². The van der Waals surface area contributed by atoms with Crippen molar-refractivity contribution in [2.75, 3.05) is 11.9 Å². The van der Waals surface area contributed by atoms with Gasteiger partial charge in [0.1, 0.15) is 6.54 Å². The Morgan fingerprint density at radius 1 is 1.23 bits per heavy atom. The van der Waals surface area contributed by atoms with Crippen LogP contribution in [0.15, 0.2) is 9.59 Å². The lowest BCUT2D eigenvalue weighted by molar-refractivity contribution is -0.115. The minimum Gasteiger partial charge on any atom is -0.373 e. The largest absolute Gasteiger partial charge is 0.405 e. The Balaban J connectivity index is 2.68. The van der Waals surface area contributed by atoms with E-state index in [1.807, 2.05) is 5.32 Å². The summed E-state index contributed by atoms with van der Waals surface area (Å²) in [6.07, 6.45) is -4.38. The maximum atomic E-state index is 11.6. The molecule has 1 aromatic rings. The van der Waals surface area contributed by atoms with Gasteiger partial charge in [0.05, 0.1) is 5.69 Å². The monoisotopic (exact) mass is 193 g/mol. The number of halogens is 3. The van der Waals surface area contributed by atoms with Gasteiger partial charge in [-0.15, -0.1) is 0 Å². The van der Waals surface area contributed by atoms with Gasteiger partial charge in [-0.3, -0.25) is 9.59 Å². The molecule has 0 saturated heterocycles. The Hall–Kier alpha value is -1.33. The highest BCUT2D eigenvalue weighted by atomic mass is 19.4. The molecular weight excluding hydrogens is 187 g/mol. The van der Waals surface area contributed by atoms with Crippen LogP contribution < -0.4 is 16.2 Å². The smallest absolute Gasteiger partial charge is 0.373 e. The molecule has 0 unspecified atom stereocenters. The summed E-state index contributed by atoms with van der Waals surface area (Å²) in [6.45, 7) is 0.0150. The highest BCUT2D eigenvalue weighted by Crippen LogP contribution is 2.15. The zero-order chi connectivity index (χ0) is 10.2. The first-order chi connectivity index (χ1) is 5.83. The standard InChI is InChI=1S/C7H6F3NO2/c1-3-4(6(13)5(3)12)11-2-7(8,9)10/h11H,2H2,1H3. The van der Waals surface area contributed by atoms with Gasteiger partial charge in [0.25, 0.3) is 0 Å². The van der Waals surface area contributed by atoms with Gasteiger partial charge in [-0.2, -0.15) is 13.2 Å². The van der Waals surface area contributed by atoms with Crippen molar-refractivity contribution in [2.45, 2.75) is 13.1 Å². The fourth-order valence-corrected chi connectivity index (χ4v) is 0.907. The van der Waals surface area contributed by atoms with E-state index in [0.29, 0.717) is 0 Å². The lowest BCUT2D eigenvalue weighted by Crippen LogP contribution is -2.38. The molecule has 0 bridgehead atoms. The van der Waals surface area contributed by atoms with Crippen LogP contribution in [0.5, 0.6) is 0 Å². The Labute approximate surface area is 70.9 Å². The quantitative estimate of drug-likeness (QED) is 0.698. The molecule has 13 heavy (non-hydrogen) atoms. The van der Waals surface area contributed by atoms with E-state index in [4.69, 9.17) is 0 Å². The average Bonchev–Trinajstić information content (AvgIpc) is 2.01. The minimum atomic E-state index is -4.38. The van der Waals surface area contributed by atoms with Crippen LogP contribution in [0.4, 0.5) is 18.9 Å².